The van der Waals surface area contributed by atoms with E-state index in [9.17, 15) is 12.6 Å². The van der Waals surface area contributed by atoms with Crippen molar-refractivity contribution in [3.05, 3.63) is 0 Å². The minimum atomic E-state index is -3.24. The van der Waals surface area contributed by atoms with Crippen LogP contribution in [0.1, 0.15) is 19.8 Å². The van der Waals surface area contributed by atoms with E-state index in [4.69, 9.17) is 11.6 Å². The Kier molecular flexibility index (Phi) is 5.70. The quantitative estimate of drug-likeness (QED) is 0.757. The van der Waals surface area contributed by atoms with Gasteiger partial charge in [-0.2, -0.15) is 0 Å². The molecule has 0 aliphatic carbocycles. The van der Waals surface area contributed by atoms with Gasteiger partial charge in [-0.3, -0.25) is 4.21 Å². The molecule has 0 amide bonds. The van der Waals surface area contributed by atoms with Crippen molar-refractivity contribution < 1.29 is 12.6 Å². The van der Waals surface area contributed by atoms with Crippen molar-refractivity contribution >= 4 is 32.4 Å². The Balaban J connectivity index is 2.43. The van der Waals surface area contributed by atoms with Crippen LogP contribution < -0.4 is 4.72 Å². The molecule has 1 saturated heterocycles. The summed E-state index contributed by atoms with van der Waals surface area (Å²) in [6.07, 6.45) is 1.34. The maximum atomic E-state index is 11.7. The predicted molar refractivity (Wildman–Crippen MR) is 67.7 cm³/mol. The highest BCUT2D eigenvalue weighted by Crippen LogP contribution is 2.11. The Hall–Kier alpha value is 0.350. The van der Waals surface area contributed by atoms with E-state index >= 15 is 0 Å². The molecule has 16 heavy (non-hydrogen) atoms. The van der Waals surface area contributed by atoms with Crippen molar-refractivity contribution in [2.45, 2.75) is 25.8 Å². The first kappa shape index (κ1) is 14.4. The maximum absolute atomic E-state index is 11.7. The highest BCUT2D eigenvalue weighted by Gasteiger charge is 2.23. The van der Waals surface area contributed by atoms with Crippen LogP contribution in [0.3, 0.4) is 0 Å². The molecule has 4 nitrogen and oxygen atoms in total. The third kappa shape index (κ3) is 5.12. The largest absolute Gasteiger partial charge is 0.260 e. The number of hydrogen-bond acceptors (Lipinski definition) is 3. The predicted octanol–water partition coefficient (Wildman–Crippen LogP) is 0.692. The molecule has 0 aromatic rings. The van der Waals surface area contributed by atoms with E-state index in [1.807, 2.05) is 6.92 Å². The average molecular weight is 288 g/mol. The molecule has 96 valence electrons. The maximum Gasteiger partial charge on any atom is 0.212 e. The number of hydrogen-bond donors (Lipinski definition) is 1. The lowest BCUT2D eigenvalue weighted by atomic mass is 10.2. The highest BCUT2D eigenvalue weighted by atomic mass is 35.5. The summed E-state index contributed by atoms with van der Waals surface area (Å²) in [7, 11) is -4.00. The first-order chi connectivity index (χ1) is 7.43. The van der Waals surface area contributed by atoms with Crippen LogP contribution in [0.4, 0.5) is 0 Å². The zero-order valence-electron chi connectivity index (χ0n) is 9.32. The second kappa shape index (κ2) is 6.33. The van der Waals surface area contributed by atoms with Crippen LogP contribution in [0.25, 0.3) is 0 Å². The van der Waals surface area contributed by atoms with Crippen LogP contribution in [0.5, 0.6) is 0 Å². The Bertz CT molecular complexity index is 335. The van der Waals surface area contributed by atoms with E-state index in [0.717, 1.165) is 0 Å². The molecule has 1 atom stereocenters. The first-order valence-corrected chi connectivity index (χ1v) is 9.01. The van der Waals surface area contributed by atoms with Gasteiger partial charge in [-0.1, -0.05) is 6.92 Å². The van der Waals surface area contributed by atoms with Gasteiger partial charge in [0.05, 0.1) is 5.75 Å². The molecule has 1 heterocycles. The lowest BCUT2D eigenvalue weighted by Gasteiger charge is -2.23. The SMILES string of the molecule is CC(CCl)CS(=O)(=O)NC1CCS(=O)CC1. The Labute approximate surface area is 105 Å². The molecule has 1 N–H and O–H groups in total. The van der Waals surface area contributed by atoms with E-state index in [-0.39, 0.29) is 17.7 Å². The van der Waals surface area contributed by atoms with Gasteiger partial charge in [0, 0.05) is 34.2 Å². The summed E-state index contributed by atoms with van der Waals surface area (Å²) < 4.78 is 37.2. The standard InChI is InChI=1S/C9H18ClNO3S2/c1-8(6-10)7-16(13,14)11-9-2-4-15(12)5-3-9/h8-9,11H,2-7H2,1H3. The molecule has 1 fully saturated rings. The fourth-order valence-electron chi connectivity index (χ4n) is 1.63. The van der Waals surface area contributed by atoms with Gasteiger partial charge < -0.3 is 0 Å². The normalized spacial score (nSPS) is 28.9. The third-order valence-electron chi connectivity index (χ3n) is 2.50. The molecular formula is C9H18ClNO3S2. The topological polar surface area (TPSA) is 63.2 Å². The molecule has 7 heteroatoms. The number of rotatable bonds is 5. The zero-order valence-corrected chi connectivity index (χ0v) is 11.7. The summed E-state index contributed by atoms with van der Waals surface area (Å²) in [6.45, 7) is 1.81. The van der Waals surface area contributed by atoms with Gasteiger partial charge in [0.15, 0.2) is 0 Å². The number of sulfonamides is 1. The Morgan fingerprint density at radius 1 is 1.44 bits per heavy atom. The van der Waals surface area contributed by atoms with Crippen LogP contribution in [0, 0.1) is 5.92 Å². The van der Waals surface area contributed by atoms with Gasteiger partial charge >= 0.3 is 0 Å². The van der Waals surface area contributed by atoms with Gasteiger partial charge in [-0.25, -0.2) is 13.1 Å². The van der Waals surface area contributed by atoms with E-state index in [1.54, 1.807) is 0 Å². The summed E-state index contributed by atoms with van der Waals surface area (Å²) in [5.41, 5.74) is 0. The Morgan fingerprint density at radius 2 is 2.00 bits per heavy atom. The molecule has 0 aromatic carbocycles. The monoisotopic (exact) mass is 287 g/mol. The lowest BCUT2D eigenvalue weighted by molar-refractivity contribution is 0.516. The molecule has 0 aromatic heterocycles. The second-order valence-corrected chi connectivity index (χ2v) is 8.08. The van der Waals surface area contributed by atoms with E-state index in [1.165, 1.54) is 0 Å². The minimum Gasteiger partial charge on any atom is -0.260 e. The summed E-state index contributed by atoms with van der Waals surface area (Å²) in [4.78, 5) is 0. The summed E-state index contributed by atoms with van der Waals surface area (Å²) >= 11 is 5.59. The van der Waals surface area contributed by atoms with Crippen molar-refractivity contribution in [1.29, 1.82) is 0 Å². The molecule has 0 saturated carbocycles. The molecule has 0 radical (unpaired) electrons. The van der Waals surface area contributed by atoms with Crippen LogP contribution in [-0.4, -0.2) is 41.8 Å². The highest BCUT2D eigenvalue weighted by molar-refractivity contribution is 7.89. The Morgan fingerprint density at radius 3 is 2.50 bits per heavy atom. The van der Waals surface area contributed by atoms with Crippen LogP contribution in [0.15, 0.2) is 0 Å². The fraction of sp³-hybridized carbons (Fsp3) is 1.00. The smallest absolute Gasteiger partial charge is 0.212 e. The van der Waals surface area contributed by atoms with E-state index in [2.05, 4.69) is 4.72 Å². The van der Waals surface area contributed by atoms with Gasteiger partial charge in [-0.15, -0.1) is 11.6 Å². The van der Waals surface area contributed by atoms with Crippen LogP contribution in [0.2, 0.25) is 0 Å². The fourth-order valence-corrected chi connectivity index (χ4v) is 4.88. The van der Waals surface area contributed by atoms with Crippen molar-refractivity contribution in [1.82, 2.24) is 4.72 Å². The molecule has 1 unspecified atom stereocenters. The second-order valence-electron chi connectivity index (χ2n) is 4.28. The van der Waals surface area contributed by atoms with Crippen molar-refractivity contribution in [3.63, 3.8) is 0 Å². The number of halogens is 1. The first-order valence-electron chi connectivity index (χ1n) is 5.34. The molecule has 1 aliphatic heterocycles. The van der Waals surface area contributed by atoms with Crippen molar-refractivity contribution in [3.8, 4) is 0 Å². The molecule has 1 rings (SSSR count). The third-order valence-corrected chi connectivity index (χ3v) is 6.11. The van der Waals surface area contributed by atoms with Crippen molar-refractivity contribution in [2.24, 2.45) is 5.92 Å². The number of nitrogens with one attached hydrogen (secondary N) is 1. The molecule has 0 bridgehead atoms. The summed E-state index contributed by atoms with van der Waals surface area (Å²) in [5.74, 6) is 1.55. The van der Waals surface area contributed by atoms with Gasteiger partial charge in [0.25, 0.3) is 0 Å². The molecule has 0 spiro atoms. The minimum absolute atomic E-state index is 0.0445. The number of alkyl halides is 1. The van der Waals surface area contributed by atoms with Crippen LogP contribution >= 0.6 is 11.6 Å². The van der Waals surface area contributed by atoms with Crippen molar-refractivity contribution in [2.75, 3.05) is 23.1 Å². The van der Waals surface area contributed by atoms with Gasteiger partial charge in [-0.05, 0) is 18.8 Å². The molecular weight excluding hydrogens is 270 g/mol. The zero-order chi connectivity index (χ0) is 12.2. The summed E-state index contributed by atoms with van der Waals surface area (Å²) in [6, 6.07) is -0.0507. The van der Waals surface area contributed by atoms with Gasteiger partial charge in [0.2, 0.25) is 10.0 Å². The van der Waals surface area contributed by atoms with Crippen LogP contribution in [-0.2, 0) is 20.8 Å². The lowest BCUT2D eigenvalue weighted by Crippen LogP contribution is -2.41. The van der Waals surface area contributed by atoms with E-state index < -0.39 is 20.8 Å². The van der Waals surface area contributed by atoms with Gasteiger partial charge in [0.1, 0.15) is 0 Å². The average Bonchev–Trinajstić information content (AvgIpc) is 2.20. The van der Waals surface area contributed by atoms with E-state index in [0.29, 0.717) is 30.2 Å². The summed E-state index contributed by atoms with van der Waals surface area (Å²) in [5, 5.41) is 0. The molecule has 1 aliphatic rings.